The van der Waals surface area contributed by atoms with Gasteiger partial charge in [0.1, 0.15) is 0 Å². The van der Waals surface area contributed by atoms with Crippen LogP contribution in [0.15, 0.2) is 53.3 Å². The van der Waals surface area contributed by atoms with Crippen LogP contribution >= 0.6 is 0 Å². The number of fused-ring (bicyclic) bond motifs is 1. The average Bonchev–Trinajstić information content (AvgIpc) is 3.50. The van der Waals surface area contributed by atoms with E-state index in [2.05, 4.69) is 24.3 Å². The van der Waals surface area contributed by atoms with E-state index in [1.54, 1.807) is 12.3 Å². The Labute approximate surface area is 210 Å². The molecule has 8 nitrogen and oxygen atoms in total. The van der Waals surface area contributed by atoms with E-state index in [-0.39, 0.29) is 23.9 Å². The first kappa shape index (κ1) is 23.8. The standard InChI is InChI=1S/C28H31N5O3/c1-17(2)33-26-23(16-29-33)22(15-24(31-26)21-8-6-5-7-18(21)3)28(35)32-12-9-20(10-13-32)30-27(34)25-19(4)11-14-36-25/h5-8,11,14-17,20H,9-10,12-13H2,1-4H3,(H,30,34). The number of pyridine rings is 1. The smallest absolute Gasteiger partial charge is 0.287 e. The van der Waals surface area contributed by atoms with Gasteiger partial charge in [-0.3, -0.25) is 9.59 Å². The number of rotatable bonds is 5. The highest BCUT2D eigenvalue weighted by Crippen LogP contribution is 2.29. The highest BCUT2D eigenvalue weighted by Gasteiger charge is 2.28. The van der Waals surface area contributed by atoms with Crippen LogP contribution in [0.3, 0.4) is 0 Å². The number of hydrogen-bond acceptors (Lipinski definition) is 5. The first-order chi connectivity index (χ1) is 17.3. The minimum atomic E-state index is -0.206. The van der Waals surface area contributed by atoms with Crippen molar-refractivity contribution in [3.8, 4) is 11.3 Å². The lowest BCUT2D eigenvalue weighted by Gasteiger charge is -2.32. The molecule has 8 heteroatoms. The SMILES string of the molecule is Cc1ccccc1-c1cc(C(=O)N2CCC(NC(=O)c3occc3C)CC2)c2cnn(C(C)C)c2n1. The summed E-state index contributed by atoms with van der Waals surface area (Å²) >= 11 is 0. The molecule has 2 amide bonds. The lowest BCUT2D eigenvalue weighted by atomic mass is 10.0. The quantitative estimate of drug-likeness (QED) is 0.433. The summed E-state index contributed by atoms with van der Waals surface area (Å²) in [6.45, 7) is 9.12. The van der Waals surface area contributed by atoms with E-state index >= 15 is 0 Å². The molecule has 1 aliphatic rings. The fourth-order valence-corrected chi connectivity index (χ4v) is 4.82. The van der Waals surface area contributed by atoms with Crippen LogP contribution in [0.4, 0.5) is 0 Å². The van der Waals surface area contributed by atoms with Crippen LogP contribution in [0.1, 0.15) is 64.8 Å². The number of nitrogens with zero attached hydrogens (tertiary/aromatic N) is 4. The maximum Gasteiger partial charge on any atom is 0.287 e. The zero-order chi connectivity index (χ0) is 25.4. The van der Waals surface area contributed by atoms with Gasteiger partial charge >= 0.3 is 0 Å². The lowest BCUT2D eigenvalue weighted by Crippen LogP contribution is -2.46. The summed E-state index contributed by atoms with van der Waals surface area (Å²) in [5.74, 6) is 0.105. The van der Waals surface area contributed by atoms with Crippen molar-refractivity contribution in [2.45, 2.75) is 52.6 Å². The van der Waals surface area contributed by atoms with E-state index in [1.807, 2.05) is 53.8 Å². The lowest BCUT2D eigenvalue weighted by molar-refractivity contribution is 0.0697. The van der Waals surface area contributed by atoms with E-state index in [4.69, 9.17) is 9.40 Å². The van der Waals surface area contributed by atoms with Crippen LogP contribution in [0.2, 0.25) is 0 Å². The Balaban J connectivity index is 1.40. The predicted octanol–water partition coefficient (Wildman–Crippen LogP) is 4.92. The van der Waals surface area contributed by atoms with Gasteiger partial charge in [-0.25, -0.2) is 9.67 Å². The highest BCUT2D eigenvalue weighted by molar-refractivity contribution is 6.06. The Morgan fingerprint density at radius 1 is 1.08 bits per heavy atom. The van der Waals surface area contributed by atoms with Gasteiger partial charge in [-0.2, -0.15) is 5.10 Å². The molecule has 0 saturated carbocycles. The van der Waals surface area contributed by atoms with Crippen molar-refractivity contribution in [1.29, 1.82) is 0 Å². The van der Waals surface area contributed by atoms with Crippen molar-refractivity contribution in [2.75, 3.05) is 13.1 Å². The summed E-state index contributed by atoms with van der Waals surface area (Å²) in [4.78, 5) is 33.1. The predicted molar refractivity (Wildman–Crippen MR) is 138 cm³/mol. The van der Waals surface area contributed by atoms with Crippen molar-refractivity contribution in [1.82, 2.24) is 25.0 Å². The molecule has 0 spiro atoms. The number of aryl methyl sites for hydroxylation is 2. The van der Waals surface area contributed by atoms with E-state index in [9.17, 15) is 9.59 Å². The zero-order valence-electron chi connectivity index (χ0n) is 21.1. The van der Waals surface area contributed by atoms with Gasteiger partial charge in [0.05, 0.1) is 29.1 Å². The Hall–Kier alpha value is -3.94. The number of benzene rings is 1. The Kier molecular flexibility index (Phi) is 6.35. The Bertz CT molecular complexity index is 1430. The maximum absolute atomic E-state index is 13.8. The van der Waals surface area contributed by atoms with Crippen molar-refractivity contribution >= 4 is 22.8 Å². The number of hydrogen-bond donors (Lipinski definition) is 1. The van der Waals surface area contributed by atoms with Gasteiger partial charge in [0.25, 0.3) is 11.8 Å². The second kappa shape index (κ2) is 9.60. The van der Waals surface area contributed by atoms with Crippen molar-refractivity contribution in [2.24, 2.45) is 0 Å². The molecular weight excluding hydrogens is 454 g/mol. The summed E-state index contributed by atoms with van der Waals surface area (Å²) in [6, 6.07) is 11.8. The van der Waals surface area contributed by atoms with E-state index in [0.717, 1.165) is 27.8 Å². The second-order valence-corrected chi connectivity index (χ2v) is 9.76. The van der Waals surface area contributed by atoms with Crippen molar-refractivity contribution in [3.05, 3.63) is 71.3 Å². The minimum absolute atomic E-state index is 0.00488. The number of furan rings is 1. The van der Waals surface area contributed by atoms with E-state index in [0.29, 0.717) is 42.9 Å². The first-order valence-corrected chi connectivity index (χ1v) is 12.4. The van der Waals surface area contributed by atoms with Gasteiger partial charge in [-0.05, 0) is 58.2 Å². The van der Waals surface area contributed by atoms with Crippen molar-refractivity contribution in [3.63, 3.8) is 0 Å². The van der Waals surface area contributed by atoms with Crippen LogP contribution in [0.5, 0.6) is 0 Å². The molecule has 1 N–H and O–H groups in total. The number of nitrogens with one attached hydrogen (secondary N) is 1. The topological polar surface area (TPSA) is 93.3 Å². The third-order valence-corrected chi connectivity index (χ3v) is 6.89. The van der Waals surface area contributed by atoms with Gasteiger partial charge in [0.15, 0.2) is 11.4 Å². The Morgan fingerprint density at radius 2 is 1.83 bits per heavy atom. The number of carbonyl (C=O) groups excluding carboxylic acids is 2. The normalized spacial score (nSPS) is 14.5. The number of piperidine rings is 1. The molecule has 5 rings (SSSR count). The summed E-state index contributed by atoms with van der Waals surface area (Å²) in [5.41, 5.74) is 5.00. The van der Waals surface area contributed by atoms with Crippen LogP contribution < -0.4 is 5.32 Å². The van der Waals surface area contributed by atoms with Crippen LogP contribution in [0, 0.1) is 13.8 Å². The molecule has 0 unspecified atom stereocenters. The molecule has 4 aromatic rings. The largest absolute Gasteiger partial charge is 0.459 e. The summed E-state index contributed by atoms with van der Waals surface area (Å²) in [5, 5.41) is 8.35. The molecule has 1 saturated heterocycles. The third kappa shape index (κ3) is 4.39. The molecule has 1 aromatic carbocycles. The summed E-state index contributed by atoms with van der Waals surface area (Å²) < 4.78 is 7.18. The number of amides is 2. The molecule has 0 bridgehead atoms. The van der Waals surface area contributed by atoms with Crippen LogP contribution in [-0.2, 0) is 0 Å². The number of carbonyl (C=O) groups is 2. The van der Waals surface area contributed by atoms with Crippen LogP contribution in [0.25, 0.3) is 22.3 Å². The average molecular weight is 486 g/mol. The molecule has 3 aromatic heterocycles. The molecule has 0 aliphatic carbocycles. The van der Waals surface area contributed by atoms with E-state index < -0.39 is 0 Å². The third-order valence-electron chi connectivity index (χ3n) is 6.89. The fourth-order valence-electron chi connectivity index (χ4n) is 4.82. The molecule has 0 radical (unpaired) electrons. The van der Waals surface area contributed by atoms with Gasteiger partial charge in [0, 0.05) is 36.3 Å². The number of likely N-dealkylation sites (tertiary alicyclic amines) is 1. The summed E-state index contributed by atoms with van der Waals surface area (Å²) in [7, 11) is 0. The monoisotopic (exact) mass is 485 g/mol. The van der Waals surface area contributed by atoms with Gasteiger partial charge in [-0.15, -0.1) is 0 Å². The minimum Gasteiger partial charge on any atom is -0.459 e. The molecular formula is C28H31N5O3. The van der Waals surface area contributed by atoms with Crippen molar-refractivity contribution < 1.29 is 14.0 Å². The molecule has 4 heterocycles. The van der Waals surface area contributed by atoms with Gasteiger partial charge in [0.2, 0.25) is 0 Å². The molecule has 1 aliphatic heterocycles. The molecule has 186 valence electrons. The maximum atomic E-state index is 13.8. The Morgan fingerprint density at radius 3 is 2.50 bits per heavy atom. The molecule has 1 fully saturated rings. The zero-order valence-corrected chi connectivity index (χ0v) is 21.1. The second-order valence-electron chi connectivity index (χ2n) is 9.76. The number of aromatic nitrogens is 3. The fraction of sp³-hybridized carbons (Fsp3) is 0.357. The molecule has 0 atom stereocenters. The van der Waals surface area contributed by atoms with Gasteiger partial charge in [-0.1, -0.05) is 24.3 Å². The van der Waals surface area contributed by atoms with Crippen LogP contribution in [-0.4, -0.2) is 50.6 Å². The highest BCUT2D eigenvalue weighted by atomic mass is 16.3. The molecule has 36 heavy (non-hydrogen) atoms. The first-order valence-electron chi connectivity index (χ1n) is 12.4. The van der Waals surface area contributed by atoms with E-state index in [1.165, 1.54) is 6.26 Å². The van der Waals surface area contributed by atoms with Gasteiger partial charge < -0.3 is 14.6 Å². The summed E-state index contributed by atoms with van der Waals surface area (Å²) in [6.07, 6.45) is 4.63.